The molecule has 8 heteroatoms. The monoisotopic (exact) mass is 420 g/mol. The number of nitro groups is 1. The van der Waals surface area contributed by atoms with E-state index in [0.29, 0.717) is 29.3 Å². The van der Waals surface area contributed by atoms with Gasteiger partial charge in [0.2, 0.25) is 0 Å². The number of non-ortho nitro benzene ring substituents is 1. The summed E-state index contributed by atoms with van der Waals surface area (Å²) in [6.07, 6.45) is 3.21. The highest BCUT2D eigenvalue weighted by atomic mass is 16.6. The normalized spacial score (nSPS) is 14.7. The first kappa shape index (κ1) is 21.5. The number of hydrogen-bond acceptors (Lipinski definition) is 6. The van der Waals surface area contributed by atoms with E-state index in [2.05, 4.69) is 6.58 Å². The Bertz CT molecular complexity index is 1120. The summed E-state index contributed by atoms with van der Waals surface area (Å²) in [5.74, 6) is -0.503. The van der Waals surface area contributed by atoms with Crippen molar-refractivity contribution in [1.82, 2.24) is 0 Å². The fourth-order valence-electron chi connectivity index (χ4n) is 3.23. The van der Waals surface area contributed by atoms with Crippen LogP contribution in [0.15, 0.2) is 78.0 Å². The number of hydrogen-bond donors (Lipinski definition) is 0. The number of esters is 1. The lowest BCUT2D eigenvalue weighted by Crippen LogP contribution is -2.24. The molecule has 0 bridgehead atoms. The smallest absolute Gasteiger partial charge is 0.340 e. The van der Waals surface area contributed by atoms with Gasteiger partial charge in [0.1, 0.15) is 12.4 Å². The molecule has 8 nitrogen and oxygen atoms in total. The Morgan fingerprint density at radius 3 is 2.55 bits per heavy atom. The van der Waals surface area contributed by atoms with Crippen LogP contribution in [0.25, 0.3) is 6.08 Å². The summed E-state index contributed by atoms with van der Waals surface area (Å²) in [4.78, 5) is 37.5. The molecule has 1 heterocycles. The molecule has 0 N–H and O–H groups in total. The van der Waals surface area contributed by atoms with Gasteiger partial charge in [-0.3, -0.25) is 19.8 Å². The number of carbonyl (C=O) groups excluding carboxylic acids is 2. The van der Waals surface area contributed by atoms with Gasteiger partial charge in [0, 0.05) is 23.5 Å². The minimum Gasteiger partial charge on any atom is -0.490 e. The summed E-state index contributed by atoms with van der Waals surface area (Å²) < 4.78 is 10.4. The fourth-order valence-corrected chi connectivity index (χ4v) is 3.23. The van der Waals surface area contributed by atoms with Gasteiger partial charge in [0.25, 0.3) is 11.6 Å². The van der Waals surface area contributed by atoms with Gasteiger partial charge in [-0.05, 0) is 42.8 Å². The molecule has 0 saturated carbocycles. The Hall–Kier alpha value is -4.20. The van der Waals surface area contributed by atoms with Crippen LogP contribution < -0.4 is 9.64 Å². The van der Waals surface area contributed by atoms with E-state index in [9.17, 15) is 19.7 Å². The molecule has 0 aromatic heterocycles. The molecule has 2 aromatic rings. The van der Waals surface area contributed by atoms with E-state index >= 15 is 0 Å². The number of rotatable bonds is 7. The first-order valence-corrected chi connectivity index (χ1v) is 9.31. The van der Waals surface area contributed by atoms with Crippen LogP contribution in [-0.4, -0.2) is 30.5 Å². The average Bonchev–Trinajstić information content (AvgIpc) is 3.01. The standard InChI is InChI=1S/C23H20N2O6/c1-4-12-31-19-7-5-6-16(13-19)14-20-21(23(27)30-3)15(2)24(22(20)26)17-8-10-18(11-9-17)25(28)29/h4-11,13-14H,1,12H2,2-3H3/b20-14-. The highest BCUT2D eigenvalue weighted by Crippen LogP contribution is 2.36. The number of ether oxygens (including phenoxy) is 2. The fraction of sp³-hybridized carbons (Fsp3) is 0.130. The zero-order chi connectivity index (χ0) is 22.5. The van der Waals surface area contributed by atoms with Gasteiger partial charge in [-0.1, -0.05) is 24.8 Å². The molecule has 31 heavy (non-hydrogen) atoms. The second kappa shape index (κ2) is 9.08. The third kappa shape index (κ3) is 4.37. The molecule has 2 aromatic carbocycles. The molecule has 0 aliphatic carbocycles. The van der Waals surface area contributed by atoms with E-state index in [1.807, 2.05) is 0 Å². The van der Waals surface area contributed by atoms with Gasteiger partial charge in [0.15, 0.2) is 0 Å². The number of benzene rings is 2. The van der Waals surface area contributed by atoms with Crippen LogP contribution in [0.3, 0.4) is 0 Å². The van der Waals surface area contributed by atoms with Crippen molar-refractivity contribution in [3.63, 3.8) is 0 Å². The lowest BCUT2D eigenvalue weighted by Gasteiger charge is -2.17. The maximum atomic E-state index is 13.3. The molecule has 158 valence electrons. The third-order valence-corrected chi connectivity index (χ3v) is 4.65. The van der Waals surface area contributed by atoms with E-state index < -0.39 is 16.8 Å². The quantitative estimate of drug-likeness (QED) is 0.220. The van der Waals surface area contributed by atoms with E-state index in [1.165, 1.54) is 36.3 Å². The molecule has 0 unspecified atom stereocenters. The highest BCUT2D eigenvalue weighted by Gasteiger charge is 2.38. The predicted octanol–water partition coefficient (Wildman–Crippen LogP) is 4.04. The van der Waals surface area contributed by atoms with Gasteiger partial charge < -0.3 is 9.47 Å². The minimum atomic E-state index is -0.652. The molecule has 3 rings (SSSR count). The zero-order valence-electron chi connectivity index (χ0n) is 17.0. The van der Waals surface area contributed by atoms with Crippen LogP contribution in [0.5, 0.6) is 5.75 Å². The molecule has 0 radical (unpaired) electrons. The highest BCUT2D eigenvalue weighted by molar-refractivity contribution is 6.23. The first-order valence-electron chi connectivity index (χ1n) is 9.31. The minimum absolute atomic E-state index is 0.0997. The number of anilines is 1. The molecular formula is C23H20N2O6. The number of allylic oxidation sites excluding steroid dienone is 1. The van der Waals surface area contributed by atoms with Gasteiger partial charge in [0.05, 0.1) is 23.2 Å². The Labute approximate surface area is 178 Å². The van der Waals surface area contributed by atoms with Crippen LogP contribution >= 0.6 is 0 Å². The average molecular weight is 420 g/mol. The molecule has 0 fully saturated rings. The van der Waals surface area contributed by atoms with Crippen molar-refractivity contribution in [3.8, 4) is 5.75 Å². The number of carbonyl (C=O) groups is 2. The maximum absolute atomic E-state index is 13.3. The summed E-state index contributed by atoms with van der Waals surface area (Å²) in [6, 6.07) is 12.6. The summed E-state index contributed by atoms with van der Waals surface area (Å²) in [7, 11) is 1.24. The molecule has 0 spiro atoms. The summed E-state index contributed by atoms with van der Waals surface area (Å²) in [5.41, 5.74) is 1.62. The largest absolute Gasteiger partial charge is 0.490 e. The second-order valence-electron chi connectivity index (χ2n) is 6.60. The molecule has 1 aliphatic heterocycles. The predicted molar refractivity (Wildman–Crippen MR) is 115 cm³/mol. The number of nitro benzene ring substituents is 1. The summed E-state index contributed by atoms with van der Waals surface area (Å²) in [6.45, 7) is 5.56. The number of nitrogens with zero attached hydrogens (tertiary/aromatic N) is 2. The van der Waals surface area contributed by atoms with E-state index in [1.54, 1.807) is 43.3 Å². The van der Waals surface area contributed by atoms with Crippen molar-refractivity contribution < 1.29 is 24.0 Å². The SMILES string of the molecule is C=CCOc1cccc(/C=C2\C(=O)N(c3ccc([N+](=O)[O-])cc3)C(C)=C2C(=O)OC)c1. The Morgan fingerprint density at radius 2 is 1.94 bits per heavy atom. The van der Waals surface area contributed by atoms with Crippen molar-refractivity contribution in [3.05, 3.63) is 93.7 Å². The van der Waals surface area contributed by atoms with Crippen LogP contribution in [0.1, 0.15) is 12.5 Å². The lowest BCUT2D eigenvalue weighted by atomic mass is 10.0. The lowest BCUT2D eigenvalue weighted by molar-refractivity contribution is -0.384. The van der Waals surface area contributed by atoms with Gasteiger partial charge in [-0.25, -0.2) is 4.79 Å². The molecule has 0 atom stereocenters. The van der Waals surface area contributed by atoms with Crippen LogP contribution in [0.4, 0.5) is 11.4 Å². The van der Waals surface area contributed by atoms with Crippen molar-refractivity contribution >= 4 is 29.3 Å². The van der Waals surface area contributed by atoms with Gasteiger partial charge in [-0.15, -0.1) is 0 Å². The number of amides is 1. The summed E-state index contributed by atoms with van der Waals surface area (Å²) in [5, 5.41) is 10.9. The molecule has 1 amide bonds. The van der Waals surface area contributed by atoms with Crippen molar-refractivity contribution in [1.29, 1.82) is 0 Å². The van der Waals surface area contributed by atoms with Crippen molar-refractivity contribution in [2.75, 3.05) is 18.6 Å². The Balaban J connectivity index is 2.05. The second-order valence-corrected chi connectivity index (χ2v) is 6.60. The summed E-state index contributed by atoms with van der Waals surface area (Å²) >= 11 is 0. The molecule has 1 aliphatic rings. The van der Waals surface area contributed by atoms with Crippen molar-refractivity contribution in [2.45, 2.75) is 6.92 Å². The van der Waals surface area contributed by atoms with Gasteiger partial charge >= 0.3 is 5.97 Å². The third-order valence-electron chi connectivity index (χ3n) is 4.65. The van der Waals surface area contributed by atoms with Crippen LogP contribution in [0, 0.1) is 10.1 Å². The van der Waals surface area contributed by atoms with E-state index in [-0.39, 0.29) is 16.8 Å². The van der Waals surface area contributed by atoms with Crippen LogP contribution in [-0.2, 0) is 14.3 Å². The van der Waals surface area contributed by atoms with Crippen LogP contribution in [0.2, 0.25) is 0 Å². The van der Waals surface area contributed by atoms with E-state index in [4.69, 9.17) is 9.47 Å². The van der Waals surface area contributed by atoms with Crippen molar-refractivity contribution in [2.24, 2.45) is 0 Å². The molecule has 0 saturated heterocycles. The topological polar surface area (TPSA) is 99.0 Å². The zero-order valence-corrected chi connectivity index (χ0v) is 17.0. The van der Waals surface area contributed by atoms with E-state index in [0.717, 1.165) is 0 Å². The Morgan fingerprint density at radius 1 is 1.23 bits per heavy atom. The maximum Gasteiger partial charge on any atom is 0.340 e. The first-order chi connectivity index (χ1) is 14.9. The Kier molecular flexibility index (Phi) is 6.30. The van der Waals surface area contributed by atoms with Gasteiger partial charge in [-0.2, -0.15) is 0 Å². The molecular weight excluding hydrogens is 400 g/mol. The number of methoxy groups -OCH3 is 1.